The average molecular weight is 353 g/mol. The summed E-state index contributed by atoms with van der Waals surface area (Å²) in [5.74, 6) is -0.212. The molecule has 2 rings (SSSR count). The molecule has 0 spiro atoms. The Kier molecular flexibility index (Phi) is 6.37. The third kappa shape index (κ3) is 4.34. The summed E-state index contributed by atoms with van der Waals surface area (Å²) >= 11 is 0. The normalized spacial score (nSPS) is 16.3. The van der Waals surface area contributed by atoms with E-state index in [-0.39, 0.29) is 16.8 Å². The van der Waals surface area contributed by atoms with Crippen LogP contribution in [0.3, 0.4) is 0 Å². The summed E-state index contributed by atoms with van der Waals surface area (Å²) in [7, 11) is -3.58. The number of nitrogens with one attached hydrogen (secondary N) is 2. The van der Waals surface area contributed by atoms with Crippen LogP contribution >= 0.6 is 0 Å². The van der Waals surface area contributed by atoms with Gasteiger partial charge in [0.2, 0.25) is 15.9 Å². The minimum atomic E-state index is -3.58. The lowest BCUT2D eigenvalue weighted by Crippen LogP contribution is -2.46. The summed E-state index contributed by atoms with van der Waals surface area (Å²) < 4.78 is 28.0. The number of sulfonamides is 1. The first kappa shape index (κ1) is 18.9. The summed E-state index contributed by atoms with van der Waals surface area (Å²) in [6, 6.07) is 4.96. The average Bonchev–Trinajstić information content (AvgIpc) is 2.54. The molecule has 1 aromatic rings. The zero-order chi connectivity index (χ0) is 17.7. The molecule has 134 valence electrons. The van der Waals surface area contributed by atoms with E-state index in [2.05, 4.69) is 10.6 Å². The highest BCUT2D eigenvalue weighted by molar-refractivity contribution is 7.89. The lowest BCUT2D eigenvalue weighted by Gasteiger charge is -2.33. The van der Waals surface area contributed by atoms with E-state index in [0.29, 0.717) is 12.2 Å². The maximum Gasteiger partial charge on any atom is 0.243 e. The van der Waals surface area contributed by atoms with Gasteiger partial charge in [-0.05, 0) is 57.0 Å². The van der Waals surface area contributed by atoms with Crippen LogP contribution in [0, 0.1) is 6.92 Å². The van der Waals surface area contributed by atoms with Gasteiger partial charge in [0.1, 0.15) is 0 Å². The number of benzene rings is 1. The van der Waals surface area contributed by atoms with E-state index in [9.17, 15) is 13.2 Å². The van der Waals surface area contributed by atoms with E-state index in [1.54, 1.807) is 22.5 Å². The molecule has 6 nitrogen and oxygen atoms in total. The number of hydrogen-bond acceptors (Lipinski definition) is 4. The summed E-state index contributed by atoms with van der Waals surface area (Å²) in [5.41, 5.74) is 1.39. The molecule has 1 aliphatic heterocycles. The Labute approximate surface area is 144 Å². The summed E-state index contributed by atoms with van der Waals surface area (Å²) in [6.07, 6.45) is 2.42. The number of carbonyl (C=O) groups is 1. The molecule has 7 heteroatoms. The molecule has 0 aromatic heterocycles. The van der Waals surface area contributed by atoms with Gasteiger partial charge in [-0.1, -0.05) is 13.0 Å². The first-order valence-corrected chi connectivity index (χ1v) is 9.91. The lowest BCUT2D eigenvalue weighted by molar-refractivity contribution is -0.114. The smallest absolute Gasteiger partial charge is 0.243 e. The van der Waals surface area contributed by atoms with Crippen LogP contribution in [-0.2, 0) is 14.8 Å². The van der Waals surface area contributed by atoms with Crippen molar-refractivity contribution in [2.24, 2.45) is 0 Å². The molecule has 1 saturated heterocycles. The van der Waals surface area contributed by atoms with Crippen molar-refractivity contribution >= 4 is 21.6 Å². The van der Waals surface area contributed by atoms with Crippen molar-refractivity contribution in [3.05, 3.63) is 23.8 Å². The number of carbonyl (C=O) groups excluding carboxylic acids is 1. The largest absolute Gasteiger partial charge is 0.326 e. The quantitative estimate of drug-likeness (QED) is 0.821. The Bertz CT molecular complexity index is 682. The van der Waals surface area contributed by atoms with Crippen LogP contribution in [0.25, 0.3) is 0 Å². The maximum atomic E-state index is 13.2. The highest BCUT2D eigenvalue weighted by Crippen LogP contribution is 2.26. The summed E-state index contributed by atoms with van der Waals surface area (Å²) in [5, 5.41) is 5.98. The van der Waals surface area contributed by atoms with E-state index in [1.165, 1.54) is 6.92 Å². The third-order valence-corrected chi connectivity index (χ3v) is 6.23. The third-order valence-electron chi connectivity index (χ3n) is 4.29. The number of hydrogen-bond donors (Lipinski definition) is 2. The standard InChI is InChI=1S/C17H27N3O3S/c1-4-11-20(15-7-9-18-10-8-15)24(22,23)16-6-5-13(2)17(12-16)19-14(3)21/h5-6,12,15,18H,4,7-11H2,1-3H3,(H,19,21). The molecule has 1 fully saturated rings. The van der Waals surface area contributed by atoms with Gasteiger partial charge in [-0.2, -0.15) is 4.31 Å². The van der Waals surface area contributed by atoms with Crippen molar-refractivity contribution in [3.63, 3.8) is 0 Å². The van der Waals surface area contributed by atoms with Gasteiger partial charge in [-0.25, -0.2) is 8.42 Å². The zero-order valence-corrected chi connectivity index (χ0v) is 15.4. The van der Waals surface area contributed by atoms with Crippen molar-refractivity contribution in [2.45, 2.75) is 51.0 Å². The fourth-order valence-electron chi connectivity index (χ4n) is 3.04. The SMILES string of the molecule is CCCN(C1CCNCC1)S(=O)(=O)c1ccc(C)c(NC(C)=O)c1. The molecular formula is C17H27N3O3S. The van der Waals surface area contributed by atoms with Crippen molar-refractivity contribution in [1.29, 1.82) is 0 Å². The predicted molar refractivity (Wildman–Crippen MR) is 95.6 cm³/mol. The molecule has 24 heavy (non-hydrogen) atoms. The highest BCUT2D eigenvalue weighted by Gasteiger charge is 2.31. The van der Waals surface area contributed by atoms with E-state index in [0.717, 1.165) is 37.9 Å². The molecule has 0 aliphatic carbocycles. The Morgan fingerprint density at radius 1 is 1.33 bits per heavy atom. The minimum Gasteiger partial charge on any atom is -0.326 e. The van der Waals surface area contributed by atoms with Crippen LogP contribution in [0.2, 0.25) is 0 Å². The number of nitrogens with zero attached hydrogens (tertiary/aromatic N) is 1. The van der Waals surface area contributed by atoms with E-state index in [1.807, 2.05) is 13.8 Å². The van der Waals surface area contributed by atoms with Crippen molar-refractivity contribution in [2.75, 3.05) is 25.0 Å². The van der Waals surface area contributed by atoms with E-state index < -0.39 is 10.0 Å². The molecule has 0 unspecified atom stereocenters. The van der Waals surface area contributed by atoms with Gasteiger partial charge in [-0.15, -0.1) is 0 Å². The van der Waals surface area contributed by atoms with Gasteiger partial charge in [0.05, 0.1) is 4.90 Å². The molecule has 0 saturated carbocycles. The molecule has 1 heterocycles. The lowest BCUT2D eigenvalue weighted by atomic mass is 10.1. The second kappa shape index (κ2) is 8.09. The van der Waals surface area contributed by atoms with Gasteiger partial charge in [0.25, 0.3) is 0 Å². The van der Waals surface area contributed by atoms with Crippen LogP contribution in [0.5, 0.6) is 0 Å². The molecule has 1 amide bonds. The second-order valence-electron chi connectivity index (χ2n) is 6.25. The molecule has 1 aromatic carbocycles. The second-order valence-corrected chi connectivity index (χ2v) is 8.15. The fourth-order valence-corrected chi connectivity index (χ4v) is 4.84. The van der Waals surface area contributed by atoms with E-state index >= 15 is 0 Å². The Balaban J connectivity index is 2.37. The van der Waals surface area contributed by atoms with Gasteiger partial charge in [0, 0.05) is 25.2 Å². The minimum absolute atomic E-state index is 0.0294. The molecule has 0 radical (unpaired) electrons. The van der Waals surface area contributed by atoms with Crippen LogP contribution in [0.15, 0.2) is 23.1 Å². The molecule has 0 bridgehead atoms. The van der Waals surface area contributed by atoms with Gasteiger partial charge < -0.3 is 10.6 Å². The number of aryl methyl sites for hydroxylation is 1. The van der Waals surface area contributed by atoms with Crippen LogP contribution in [0.1, 0.15) is 38.7 Å². The van der Waals surface area contributed by atoms with Crippen LogP contribution in [-0.4, -0.2) is 44.3 Å². The zero-order valence-electron chi connectivity index (χ0n) is 14.6. The topological polar surface area (TPSA) is 78.5 Å². The molecule has 2 N–H and O–H groups in total. The molecule has 1 aliphatic rings. The Morgan fingerprint density at radius 2 is 2.00 bits per heavy atom. The molecule has 0 atom stereocenters. The van der Waals surface area contributed by atoms with E-state index in [4.69, 9.17) is 0 Å². The summed E-state index contributed by atoms with van der Waals surface area (Å²) in [6.45, 7) is 7.44. The van der Waals surface area contributed by atoms with Gasteiger partial charge in [0.15, 0.2) is 0 Å². The summed E-state index contributed by atoms with van der Waals surface area (Å²) in [4.78, 5) is 11.6. The fraction of sp³-hybridized carbons (Fsp3) is 0.588. The number of rotatable bonds is 6. The predicted octanol–water partition coefficient (Wildman–Crippen LogP) is 2.11. The first-order valence-electron chi connectivity index (χ1n) is 8.47. The van der Waals surface area contributed by atoms with Crippen molar-refractivity contribution in [3.8, 4) is 0 Å². The number of amides is 1. The Hall–Kier alpha value is -1.44. The van der Waals surface area contributed by atoms with Crippen molar-refractivity contribution < 1.29 is 13.2 Å². The molecular weight excluding hydrogens is 326 g/mol. The van der Waals surface area contributed by atoms with Crippen LogP contribution in [0.4, 0.5) is 5.69 Å². The maximum absolute atomic E-state index is 13.2. The Morgan fingerprint density at radius 3 is 2.58 bits per heavy atom. The van der Waals surface area contributed by atoms with Gasteiger partial charge >= 0.3 is 0 Å². The number of piperidine rings is 1. The van der Waals surface area contributed by atoms with Gasteiger partial charge in [-0.3, -0.25) is 4.79 Å². The first-order chi connectivity index (χ1) is 11.4. The van der Waals surface area contributed by atoms with Crippen molar-refractivity contribution in [1.82, 2.24) is 9.62 Å². The number of anilines is 1. The highest BCUT2D eigenvalue weighted by atomic mass is 32.2. The van der Waals surface area contributed by atoms with Crippen LogP contribution < -0.4 is 10.6 Å². The monoisotopic (exact) mass is 353 g/mol.